The molecule has 0 aliphatic rings. The van der Waals surface area contributed by atoms with Crippen LogP contribution < -0.4 is 26.6 Å². The number of carbonyl (C=O) groups excluding carboxylic acids is 4. The van der Waals surface area contributed by atoms with E-state index in [4.69, 9.17) is 24.1 Å². The quantitative estimate of drug-likeness (QED) is 0.0430. The number of likely N-dealkylation sites (N-methyl/N-ethyl adjacent to an activating group) is 1. The van der Waals surface area contributed by atoms with E-state index in [9.17, 15) is 29.1 Å². The normalized spacial score (nSPS) is 12.7. The summed E-state index contributed by atoms with van der Waals surface area (Å²) in [5.41, 5.74) is 0. The number of carboxylic acid groups (broad SMARTS) is 1. The van der Waals surface area contributed by atoms with Crippen molar-refractivity contribution in [3.05, 3.63) is 0 Å². The fraction of sp³-hybridized carbons (Fsp3) is 0.884. The summed E-state index contributed by atoms with van der Waals surface area (Å²) in [6, 6.07) is -0.0189. The van der Waals surface area contributed by atoms with Crippen LogP contribution in [0.2, 0.25) is 0 Å². The first kappa shape index (κ1) is 56.1. The van der Waals surface area contributed by atoms with Crippen LogP contribution in [0.15, 0.2) is 0 Å². The Morgan fingerprint density at radius 3 is 1.39 bits per heavy atom. The van der Waals surface area contributed by atoms with Gasteiger partial charge in [-0.3, -0.25) is 24.0 Å². The molecule has 16 heteroatoms. The Kier molecular flexibility index (Phi) is 39.8. The molecule has 346 valence electrons. The maximum atomic E-state index is 12.3. The molecule has 0 aliphatic heterocycles. The molecule has 0 spiro atoms. The zero-order chi connectivity index (χ0) is 43.6. The molecular weight excluding hydrogens is 762 g/mol. The second kappa shape index (κ2) is 41.8. The first-order chi connectivity index (χ1) is 28.5. The van der Waals surface area contributed by atoms with Crippen LogP contribution in [0, 0.1) is 0 Å². The van der Waals surface area contributed by atoms with E-state index in [-0.39, 0.29) is 68.7 Å². The molecule has 1 unspecified atom stereocenters. The summed E-state index contributed by atoms with van der Waals surface area (Å²) in [6.07, 6.45) is 19.9. The van der Waals surface area contributed by atoms with Gasteiger partial charge in [0.05, 0.1) is 45.7 Å². The van der Waals surface area contributed by atoms with Crippen molar-refractivity contribution >= 4 is 29.6 Å². The number of carbonyl (C=O) groups is 5. The van der Waals surface area contributed by atoms with E-state index in [1.807, 2.05) is 14.0 Å². The number of unbranched alkanes of at least 4 members (excludes halogenated alkanes) is 14. The average molecular weight is 846 g/mol. The molecule has 0 aromatic carbocycles. The number of aliphatic hydroxyl groups is 1. The van der Waals surface area contributed by atoms with E-state index in [0.29, 0.717) is 65.1 Å². The molecule has 0 aromatic heterocycles. The zero-order valence-corrected chi connectivity index (χ0v) is 36.9. The van der Waals surface area contributed by atoms with Gasteiger partial charge < -0.3 is 55.7 Å². The highest BCUT2D eigenvalue weighted by Gasteiger charge is 2.12. The van der Waals surface area contributed by atoms with Gasteiger partial charge >= 0.3 is 5.97 Å². The van der Waals surface area contributed by atoms with Gasteiger partial charge in [-0.15, -0.1) is 0 Å². The van der Waals surface area contributed by atoms with Crippen molar-refractivity contribution in [1.82, 2.24) is 26.6 Å². The lowest BCUT2D eigenvalue weighted by molar-refractivity contribution is -0.137. The van der Waals surface area contributed by atoms with E-state index < -0.39 is 12.1 Å². The molecule has 7 N–H and O–H groups in total. The van der Waals surface area contributed by atoms with Gasteiger partial charge in [-0.05, 0) is 53.0 Å². The minimum Gasteiger partial charge on any atom is -0.481 e. The highest BCUT2D eigenvalue weighted by atomic mass is 16.5. The Morgan fingerprint density at radius 2 is 0.915 bits per heavy atom. The number of hydrogen-bond acceptors (Lipinski definition) is 11. The molecule has 0 saturated carbocycles. The Morgan fingerprint density at radius 1 is 0.475 bits per heavy atom. The lowest BCUT2D eigenvalue weighted by atomic mass is 10.0. The van der Waals surface area contributed by atoms with Crippen molar-refractivity contribution in [2.24, 2.45) is 0 Å². The Balaban J connectivity index is 3.49. The monoisotopic (exact) mass is 846 g/mol. The minimum atomic E-state index is -0.695. The van der Waals surface area contributed by atoms with Crippen LogP contribution >= 0.6 is 0 Å². The smallest absolute Gasteiger partial charge is 0.303 e. The summed E-state index contributed by atoms with van der Waals surface area (Å²) < 4.78 is 21.5. The molecule has 3 atom stereocenters. The zero-order valence-electron chi connectivity index (χ0n) is 36.9. The lowest BCUT2D eigenvalue weighted by Gasteiger charge is -2.18. The second-order valence-electron chi connectivity index (χ2n) is 15.4. The van der Waals surface area contributed by atoms with E-state index in [0.717, 1.165) is 57.8 Å². The number of ether oxygens (including phenoxy) is 4. The number of carboxylic acids is 1. The van der Waals surface area contributed by atoms with Crippen molar-refractivity contribution in [1.29, 1.82) is 0 Å². The van der Waals surface area contributed by atoms with Gasteiger partial charge in [0, 0.05) is 51.0 Å². The van der Waals surface area contributed by atoms with Crippen molar-refractivity contribution in [2.75, 3.05) is 79.5 Å². The van der Waals surface area contributed by atoms with Crippen molar-refractivity contribution in [2.45, 2.75) is 167 Å². The maximum absolute atomic E-state index is 12.3. The highest BCUT2D eigenvalue weighted by molar-refractivity contribution is 5.78. The SMILES string of the molecule is CN[C@@H](CCCCNC(=O)COCCOCCNC(=O)COCCOCCNC(=O)CC[C@@H](C)NC(=O)CCCCCCCCCCCCCCCCC(=O)O)C(C)O. The molecule has 0 heterocycles. The number of aliphatic hydroxyl groups excluding tert-OH is 1. The molecule has 0 fully saturated rings. The Bertz CT molecular complexity index is 1050. The predicted molar refractivity (Wildman–Crippen MR) is 229 cm³/mol. The van der Waals surface area contributed by atoms with Crippen LogP contribution in [-0.2, 0) is 42.9 Å². The summed E-state index contributed by atoms with van der Waals surface area (Å²) in [6.45, 7) is 6.48. The Labute approximate surface area is 355 Å². The van der Waals surface area contributed by atoms with Gasteiger partial charge in [-0.25, -0.2) is 0 Å². The highest BCUT2D eigenvalue weighted by Crippen LogP contribution is 2.14. The number of aliphatic carboxylic acids is 1. The van der Waals surface area contributed by atoms with Gasteiger partial charge in [0.1, 0.15) is 13.2 Å². The minimum absolute atomic E-state index is 0.0377. The molecule has 4 amide bonds. The van der Waals surface area contributed by atoms with Crippen LogP contribution in [0.25, 0.3) is 0 Å². The van der Waals surface area contributed by atoms with Gasteiger partial charge in [0.25, 0.3) is 0 Å². The van der Waals surface area contributed by atoms with Gasteiger partial charge in [-0.2, -0.15) is 0 Å². The van der Waals surface area contributed by atoms with E-state index >= 15 is 0 Å². The number of rotatable bonds is 44. The number of amides is 4. The summed E-state index contributed by atoms with van der Waals surface area (Å²) >= 11 is 0. The van der Waals surface area contributed by atoms with Crippen molar-refractivity contribution < 1.29 is 53.1 Å². The first-order valence-corrected chi connectivity index (χ1v) is 22.5. The molecule has 0 rings (SSSR count). The van der Waals surface area contributed by atoms with E-state index in [2.05, 4.69) is 26.6 Å². The van der Waals surface area contributed by atoms with Gasteiger partial charge in [-0.1, -0.05) is 83.5 Å². The standard InChI is InChI=1S/C43H83N5O11/c1-36(48-40(51)21-16-14-12-10-8-6-4-5-7-9-11-13-15-17-22-43(54)55)23-24-39(50)46-26-28-56-30-33-59-35-42(53)47-27-29-57-31-32-58-34-41(52)45-25-19-18-20-38(44-3)37(2)49/h36-38,44,49H,4-35H2,1-3H3,(H,45,52)(H,46,50)(H,47,53)(H,48,51)(H,54,55)/t36-,37?,38+/m1/s1. The average Bonchev–Trinajstić information content (AvgIpc) is 3.19. The third kappa shape index (κ3) is 41.6. The van der Waals surface area contributed by atoms with Crippen LogP contribution in [0.1, 0.15) is 149 Å². The van der Waals surface area contributed by atoms with Crippen molar-refractivity contribution in [3.63, 3.8) is 0 Å². The van der Waals surface area contributed by atoms with E-state index in [1.54, 1.807) is 6.92 Å². The first-order valence-electron chi connectivity index (χ1n) is 22.5. The molecular formula is C43H83N5O11. The summed E-state index contributed by atoms with van der Waals surface area (Å²) in [4.78, 5) is 58.7. The van der Waals surface area contributed by atoms with Crippen molar-refractivity contribution in [3.8, 4) is 0 Å². The third-order valence-electron chi connectivity index (χ3n) is 9.82. The van der Waals surface area contributed by atoms with Crippen LogP contribution in [0.5, 0.6) is 0 Å². The summed E-state index contributed by atoms with van der Waals surface area (Å²) in [5, 5.41) is 32.7. The predicted octanol–water partition coefficient (Wildman–Crippen LogP) is 4.15. The van der Waals surface area contributed by atoms with Gasteiger partial charge in [0.15, 0.2) is 0 Å². The van der Waals surface area contributed by atoms with E-state index in [1.165, 1.54) is 51.4 Å². The van der Waals surface area contributed by atoms with Crippen LogP contribution in [0.4, 0.5) is 0 Å². The largest absolute Gasteiger partial charge is 0.481 e. The molecule has 0 aliphatic carbocycles. The molecule has 16 nitrogen and oxygen atoms in total. The molecule has 0 saturated heterocycles. The fourth-order valence-electron chi connectivity index (χ4n) is 6.28. The Hall–Kier alpha value is -2.89. The lowest BCUT2D eigenvalue weighted by Crippen LogP contribution is -2.35. The summed E-state index contributed by atoms with van der Waals surface area (Å²) in [5.74, 6) is -1.21. The maximum Gasteiger partial charge on any atom is 0.303 e. The third-order valence-corrected chi connectivity index (χ3v) is 9.82. The molecule has 0 aromatic rings. The fourth-order valence-corrected chi connectivity index (χ4v) is 6.28. The van der Waals surface area contributed by atoms with Crippen LogP contribution in [-0.4, -0.2) is 138 Å². The topological polar surface area (TPSA) is 223 Å². The number of nitrogens with one attached hydrogen (secondary N) is 5. The molecule has 0 bridgehead atoms. The molecule has 59 heavy (non-hydrogen) atoms. The van der Waals surface area contributed by atoms with Crippen LogP contribution in [0.3, 0.4) is 0 Å². The number of hydrogen-bond donors (Lipinski definition) is 7. The molecule has 0 radical (unpaired) electrons. The second-order valence-corrected chi connectivity index (χ2v) is 15.4. The summed E-state index contributed by atoms with van der Waals surface area (Å²) in [7, 11) is 1.82. The van der Waals surface area contributed by atoms with Gasteiger partial charge in [0.2, 0.25) is 23.6 Å².